The van der Waals surface area contributed by atoms with E-state index in [1.807, 2.05) is 0 Å². The summed E-state index contributed by atoms with van der Waals surface area (Å²) in [5, 5.41) is 6.02. The topological polar surface area (TPSA) is 58.2 Å². The fourth-order valence-electron chi connectivity index (χ4n) is 3.72. The number of hydrogen-bond acceptors (Lipinski definition) is 2. The van der Waals surface area contributed by atoms with E-state index >= 15 is 0 Å². The number of unbranched alkanes of at least 4 members (excludes halogenated alkanes) is 15. The summed E-state index contributed by atoms with van der Waals surface area (Å²) in [6.07, 6.45) is 23.3. The zero-order valence-electron chi connectivity index (χ0n) is 20.4. The third-order valence-electron chi connectivity index (χ3n) is 5.76. The van der Waals surface area contributed by atoms with Gasteiger partial charge in [-0.1, -0.05) is 104 Å². The van der Waals surface area contributed by atoms with Gasteiger partial charge in [-0.2, -0.15) is 0 Å². The number of hydrogen-bond donors (Lipinski definition) is 2. The Labute approximate surface area is 187 Å². The van der Waals surface area contributed by atoms with Crippen LogP contribution in [0.3, 0.4) is 0 Å². The Hall–Kier alpha value is -1.06. The molecule has 0 aromatic rings. The van der Waals surface area contributed by atoms with Crippen molar-refractivity contribution in [3.8, 4) is 0 Å². The van der Waals surface area contributed by atoms with Crippen LogP contribution in [-0.4, -0.2) is 24.9 Å². The molecule has 0 heterocycles. The van der Waals surface area contributed by atoms with Crippen LogP contribution < -0.4 is 10.6 Å². The van der Waals surface area contributed by atoms with Gasteiger partial charge in [-0.15, -0.1) is 0 Å². The molecule has 178 valence electrons. The summed E-state index contributed by atoms with van der Waals surface area (Å²) >= 11 is 0. The Kier molecular flexibility index (Phi) is 23.4. The Balaban J connectivity index is 3.29. The molecule has 30 heavy (non-hydrogen) atoms. The van der Waals surface area contributed by atoms with Crippen LogP contribution in [-0.2, 0) is 9.59 Å². The third-order valence-corrected chi connectivity index (χ3v) is 5.76. The van der Waals surface area contributed by atoms with E-state index in [1.54, 1.807) is 0 Å². The lowest BCUT2D eigenvalue weighted by molar-refractivity contribution is -0.123. The van der Waals surface area contributed by atoms with Gasteiger partial charge in [0.1, 0.15) is 0 Å². The third kappa shape index (κ3) is 23.2. The van der Waals surface area contributed by atoms with Gasteiger partial charge in [0.25, 0.3) is 0 Å². The maximum atomic E-state index is 11.8. The minimum Gasteiger partial charge on any atom is -0.356 e. The number of carbonyl (C=O) groups excluding carboxylic acids is 2. The van der Waals surface area contributed by atoms with E-state index in [1.165, 1.54) is 89.9 Å². The first-order valence-electron chi connectivity index (χ1n) is 13.2. The van der Waals surface area contributed by atoms with E-state index in [0.717, 1.165) is 38.8 Å². The molecule has 0 bridgehead atoms. The fraction of sp³-hybridized carbons (Fsp3) is 0.923. The van der Waals surface area contributed by atoms with Crippen molar-refractivity contribution in [1.82, 2.24) is 10.6 Å². The molecule has 0 unspecified atom stereocenters. The second kappa shape index (κ2) is 24.2. The van der Waals surface area contributed by atoms with Crippen LogP contribution in [0.15, 0.2) is 0 Å². The smallest absolute Gasteiger partial charge is 0.219 e. The standard InChI is InChI=1S/C26H52N2O2/c1-3-5-7-9-11-13-15-19-23-27-25(29)21-17-18-22-26(30)28-24-20-16-14-12-10-8-6-4-2/h3-24H2,1-2H3,(H,27,29)(H,28,30). The molecular weight excluding hydrogens is 372 g/mol. The van der Waals surface area contributed by atoms with Crippen molar-refractivity contribution < 1.29 is 9.59 Å². The van der Waals surface area contributed by atoms with Crippen LogP contribution in [0.4, 0.5) is 0 Å². The maximum Gasteiger partial charge on any atom is 0.219 e. The van der Waals surface area contributed by atoms with Gasteiger partial charge in [-0.25, -0.2) is 0 Å². The summed E-state index contributed by atoms with van der Waals surface area (Å²) < 4.78 is 0. The molecular formula is C26H52N2O2. The number of rotatable bonds is 23. The fourth-order valence-corrected chi connectivity index (χ4v) is 3.72. The summed E-state index contributed by atoms with van der Waals surface area (Å²) in [5.41, 5.74) is 0. The van der Waals surface area contributed by atoms with Gasteiger partial charge in [0, 0.05) is 25.9 Å². The second-order valence-electron chi connectivity index (χ2n) is 8.86. The first-order valence-corrected chi connectivity index (χ1v) is 13.2. The number of carbonyl (C=O) groups is 2. The van der Waals surface area contributed by atoms with Crippen LogP contribution >= 0.6 is 0 Å². The minimum absolute atomic E-state index is 0.136. The van der Waals surface area contributed by atoms with Gasteiger partial charge in [0.05, 0.1) is 0 Å². The van der Waals surface area contributed by atoms with Gasteiger partial charge in [0.2, 0.25) is 11.8 Å². The van der Waals surface area contributed by atoms with Crippen molar-refractivity contribution in [1.29, 1.82) is 0 Å². The van der Waals surface area contributed by atoms with Crippen LogP contribution in [0.5, 0.6) is 0 Å². The molecule has 0 atom stereocenters. The van der Waals surface area contributed by atoms with Gasteiger partial charge < -0.3 is 10.6 Å². The predicted molar refractivity (Wildman–Crippen MR) is 130 cm³/mol. The van der Waals surface area contributed by atoms with E-state index in [2.05, 4.69) is 24.5 Å². The van der Waals surface area contributed by atoms with Crippen LogP contribution in [0.25, 0.3) is 0 Å². The summed E-state index contributed by atoms with van der Waals surface area (Å²) in [6, 6.07) is 0. The Bertz CT molecular complexity index is 349. The molecule has 4 nitrogen and oxygen atoms in total. The second-order valence-corrected chi connectivity index (χ2v) is 8.86. The highest BCUT2D eigenvalue weighted by atomic mass is 16.2. The Morgan fingerprint density at radius 3 is 1.07 bits per heavy atom. The highest BCUT2D eigenvalue weighted by Gasteiger charge is 2.04. The molecule has 0 aromatic carbocycles. The average molecular weight is 425 g/mol. The molecule has 0 spiro atoms. The van der Waals surface area contributed by atoms with Crippen LogP contribution in [0, 0.1) is 0 Å². The lowest BCUT2D eigenvalue weighted by Gasteiger charge is -2.07. The van der Waals surface area contributed by atoms with Crippen molar-refractivity contribution in [2.24, 2.45) is 0 Å². The molecule has 0 rings (SSSR count). The zero-order valence-corrected chi connectivity index (χ0v) is 20.4. The van der Waals surface area contributed by atoms with Crippen molar-refractivity contribution in [3.63, 3.8) is 0 Å². The lowest BCUT2D eigenvalue weighted by Crippen LogP contribution is -2.25. The number of amides is 2. The molecule has 0 saturated carbocycles. The molecule has 2 amide bonds. The molecule has 0 aliphatic heterocycles. The van der Waals surface area contributed by atoms with Crippen molar-refractivity contribution in [2.75, 3.05) is 13.1 Å². The molecule has 4 heteroatoms. The summed E-state index contributed by atoms with van der Waals surface area (Å²) in [6.45, 7) is 6.09. The Morgan fingerprint density at radius 1 is 0.433 bits per heavy atom. The zero-order chi connectivity index (χ0) is 22.1. The molecule has 0 radical (unpaired) electrons. The van der Waals surface area contributed by atoms with Crippen LogP contribution in [0.1, 0.15) is 142 Å². The lowest BCUT2D eigenvalue weighted by atomic mass is 10.1. The van der Waals surface area contributed by atoms with Crippen LogP contribution in [0.2, 0.25) is 0 Å². The van der Waals surface area contributed by atoms with E-state index in [4.69, 9.17) is 0 Å². The quantitative estimate of drug-likeness (QED) is 0.172. The van der Waals surface area contributed by atoms with E-state index < -0.39 is 0 Å². The summed E-state index contributed by atoms with van der Waals surface area (Å²) in [5.74, 6) is 0.273. The largest absolute Gasteiger partial charge is 0.356 e. The maximum absolute atomic E-state index is 11.8. The Morgan fingerprint density at radius 2 is 0.733 bits per heavy atom. The van der Waals surface area contributed by atoms with Crippen molar-refractivity contribution in [3.05, 3.63) is 0 Å². The van der Waals surface area contributed by atoms with Gasteiger partial charge in [-0.3, -0.25) is 9.59 Å². The molecule has 0 aromatic heterocycles. The first-order chi connectivity index (χ1) is 14.7. The molecule has 0 fully saturated rings. The van der Waals surface area contributed by atoms with Gasteiger partial charge >= 0.3 is 0 Å². The van der Waals surface area contributed by atoms with Crippen molar-refractivity contribution >= 4 is 11.8 Å². The monoisotopic (exact) mass is 424 g/mol. The van der Waals surface area contributed by atoms with Crippen molar-refractivity contribution in [2.45, 2.75) is 142 Å². The minimum atomic E-state index is 0.136. The molecule has 2 N–H and O–H groups in total. The highest BCUT2D eigenvalue weighted by Crippen LogP contribution is 2.09. The number of nitrogens with one attached hydrogen (secondary N) is 2. The highest BCUT2D eigenvalue weighted by molar-refractivity contribution is 5.77. The summed E-state index contributed by atoms with van der Waals surface area (Å²) in [7, 11) is 0. The summed E-state index contributed by atoms with van der Waals surface area (Å²) in [4.78, 5) is 23.7. The normalized spacial score (nSPS) is 10.9. The van der Waals surface area contributed by atoms with E-state index in [-0.39, 0.29) is 11.8 Å². The van der Waals surface area contributed by atoms with Gasteiger partial charge in [-0.05, 0) is 25.7 Å². The SMILES string of the molecule is CCCCCCCCCCNC(=O)CCCCC(=O)NCCCCCCCCCC. The molecule has 0 saturated heterocycles. The van der Waals surface area contributed by atoms with E-state index in [9.17, 15) is 9.59 Å². The van der Waals surface area contributed by atoms with E-state index in [0.29, 0.717) is 12.8 Å². The predicted octanol–water partition coefficient (Wildman–Crippen LogP) is 7.06. The first kappa shape index (κ1) is 28.9. The average Bonchev–Trinajstić information content (AvgIpc) is 2.74. The van der Waals surface area contributed by atoms with Gasteiger partial charge in [0.15, 0.2) is 0 Å². The molecule has 0 aliphatic carbocycles. The molecule has 0 aliphatic rings.